The van der Waals surface area contributed by atoms with E-state index in [2.05, 4.69) is 29.6 Å². The molecule has 7 nitrogen and oxygen atoms in total. The highest BCUT2D eigenvalue weighted by atomic mass is 19.1. The fraction of sp³-hybridized carbons (Fsp3) is 0.524. The second-order valence-electron chi connectivity index (χ2n) is 7.92. The van der Waals surface area contributed by atoms with Crippen LogP contribution in [-0.2, 0) is 13.0 Å². The van der Waals surface area contributed by atoms with Crippen molar-refractivity contribution < 1.29 is 9.13 Å². The van der Waals surface area contributed by atoms with Crippen LogP contribution in [0.5, 0.6) is 5.75 Å². The molecule has 1 atom stereocenters. The van der Waals surface area contributed by atoms with Crippen LogP contribution < -0.4 is 9.64 Å². The third kappa shape index (κ3) is 3.30. The van der Waals surface area contributed by atoms with Crippen LogP contribution in [0, 0.1) is 5.82 Å². The molecule has 2 aliphatic heterocycles. The van der Waals surface area contributed by atoms with E-state index in [0.29, 0.717) is 11.4 Å². The summed E-state index contributed by atoms with van der Waals surface area (Å²) in [6, 6.07) is 3.12. The predicted molar refractivity (Wildman–Crippen MR) is 108 cm³/mol. The topological polar surface area (TPSA) is 69.0 Å². The number of methoxy groups -OCH3 is 1. The van der Waals surface area contributed by atoms with Crippen LogP contribution in [0.4, 0.5) is 10.2 Å². The van der Waals surface area contributed by atoms with Crippen LogP contribution in [0.15, 0.2) is 18.5 Å². The van der Waals surface area contributed by atoms with E-state index in [1.54, 1.807) is 6.07 Å². The molecule has 0 amide bonds. The van der Waals surface area contributed by atoms with Crippen LogP contribution in [-0.4, -0.2) is 44.9 Å². The van der Waals surface area contributed by atoms with Crippen molar-refractivity contribution in [1.82, 2.24) is 24.7 Å². The Balaban J connectivity index is 1.48. The molecular weight excluding hydrogens is 371 g/mol. The molecule has 4 heterocycles. The summed E-state index contributed by atoms with van der Waals surface area (Å²) in [5.41, 5.74) is 0.590. The molecular formula is C21H25FN6O. The summed E-state index contributed by atoms with van der Waals surface area (Å²) in [5, 5.41) is 9.87. The van der Waals surface area contributed by atoms with E-state index in [0.717, 1.165) is 61.7 Å². The molecule has 8 heteroatoms. The predicted octanol–water partition coefficient (Wildman–Crippen LogP) is 3.48. The quantitative estimate of drug-likeness (QED) is 0.675. The maximum Gasteiger partial charge on any atom is 0.167 e. The Morgan fingerprint density at radius 2 is 2.00 bits per heavy atom. The summed E-state index contributed by atoms with van der Waals surface area (Å²) in [6.45, 7) is 2.74. The van der Waals surface area contributed by atoms with Crippen molar-refractivity contribution in [3.8, 4) is 5.75 Å². The zero-order valence-electron chi connectivity index (χ0n) is 16.6. The Kier molecular flexibility index (Phi) is 4.77. The fourth-order valence-electron chi connectivity index (χ4n) is 4.64. The van der Waals surface area contributed by atoms with Gasteiger partial charge in [-0.1, -0.05) is 6.42 Å². The highest BCUT2D eigenvalue weighted by molar-refractivity contribution is 5.90. The number of halogens is 1. The largest absolute Gasteiger partial charge is 0.494 e. The summed E-state index contributed by atoms with van der Waals surface area (Å²) in [5.74, 6) is 3.18. The molecule has 152 valence electrons. The average Bonchev–Trinajstić information content (AvgIpc) is 3.01. The van der Waals surface area contributed by atoms with Crippen LogP contribution in [0.25, 0.3) is 10.9 Å². The van der Waals surface area contributed by atoms with Crippen LogP contribution >= 0.6 is 0 Å². The van der Waals surface area contributed by atoms with Gasteiger partial charge in [-0.2, -0.15) is 0 Å². The number of anilines is 1. The SMILES string of the molecule is COc1cc2c(N3CCCC(c4nnc5n4CCCCC5)C3)ncnc2cc1F. The van der Waals surface area contributed by atoms with Crippen LogP contribution in [0.1, 0.15) is 49.7 Å². The van der Waals surface area contributed by atoms with Gasteiger partial charge in [-0.05, 0) is 31.7 Å². The van der Waals surface area contributed by atoms with E-state index < -0.39 is 5.82 Å². The van der Waals surface area contributed by atoms with E-state index in [1.807, 2.05) is 0 Å². The lowest BCUT2D eigenvalue weighted by Gasteiger charge is -2.33. The number of hydrogen-bond donors (Lipinski definition) is 0. The minimum absolute atomic E-state index is 0.213. The summed E-state index contributed by atoms with van der Waals surface area (Å²) < 4.78 is 21.6. The van der Waals surface area contributed by atoms with Gasteiger partial charge < -0.3 is 14.2 Å². The molecule has 1 aromatic carbocycles. The first-order valence-corrected chi connectivity index (χ1v) is 10.4. The molecule has 2 aliphatic rings. The minimum Gasteiger partial charge on any atom is -0.494 e. The normalized spacial score (nSPS) is 19.8. The molecule has 0 spiro atoms. The Labute approximate surface area is 168 Å². The minimum atomic E-state index is -0.410. The Bertz CT molecular complexity index is 1040. The van der Waals surface area contributed by atoms with Gasteiger partial charge in [0.1, 0.15) is 23.8 Å². The number of benzene rings is 1. The second kappa shape index (κ2) is 7.57. The average molecular weight is 396 g/mol. The van der Waals surface area contributed by atoms with Crippen molar-refractivity contribution in [1.29, 1.82) is 0 Å². The molecule has 0 bridgehead atoms. The van der Waals surface area contributed by atoms with Gasteiger partial charge in [0.05, 0.1) is 12.6 Å². The Hall–Kier alpha value is -2.77. The van der Waals surface area contributed by atoms with Gasteiger partial charge >= 0.3 is 0 Å². The summed E-state index contributed by atoms with van der Waals surface area (Å²) in [4.78, 5) is 11.1. The van der Waals surface area contributed by atoms with E-state index in [4.69, 9.17) is 4.74 Å². The van der Waals surface area contributed by atoms with E-state index >= 15 is 0 Å². The highest BCUT2D eigenvalue weighted by Crippen LogP contribution is 2.34. The van der Waals surface area contributed by atoms with E-state index in [-0.39, 0.29) is 5.75 Å². The second-order valence-corrected chi connectivity index (χ2v) is 7.92. The molecule has 0 N–H and O–H groups in total. The van der Waals surface area contributed by atoms with Gasteiger partial charge in [-0.3, -0.25) is 0 Å². The maximum atomic E-state index is 14.1. The molecule has 29 heavy (non-hydrogen) atoms. The van der Waals surface area contributed by atoms with Gasteiger partial charge in [0, 0.05) is 43.4 Å². The molecule has 0 radical (unpaired) electrons. The van der Waals surface area contributed by atoms with Crippen LogP contribution in [0.3, 0.4) is 0 Å². The summed E-state index contributed by atoms with van der Waals surface area (Å²) >= 11 is 0. The van der Waals surface area contributed by atoms with Gasteiger partial charge in [-0.25, -0.2) is 14.4 Å². The van der Waals surface area contributed by atoms with Crippen molar-refractivity contribution in [3.63, 3.8) is 0 Å². The zero-order valence-corrected chi connectivity index (χ0v) is 16.6. The molecule has 1 unspecified atom stereocenters. The number of rotatable bonds is 3. The van der Waals surface area contributed by atoms with E-state index in [9.17, 15) is 4.39 Å². The zero-order chi connectivity index (χ0) is 19.8. The molecule has 0 aliphatic carbocycles. The van der Waals surface area contributed by atoms with Crippen molar-refractivity contribution in [2.24, 2.45) is 0 Å². The first-order valence-electron chi connectivity index (χ1n) is 10.4. The Morgan fingerprint density at radius 1 is 1.07 bits per heavy atom. The van der Waals surface area contributed by atoms with E-state index in [1.165, 1.54) is 38.8 Å². The lowest BCUT2D eigenvalue weighted by Crippen LogP contribution is -2.36. The third-order valence-electron chi connectivity index (χ3n) is 6.11. The number of nitrogens with zero attached hydrogens (tertiary/aromatic N) is 6. The Morgan fingerprint density at radius 3 is 2.90 bits per heavy atom. The number of piperidine rings is 1. The van der Waals surface area contributed by atoms with Gasteiger partial charge in [0.15, 0.2) is 11.6 Å². The lowest BCUT2D eigenvalue weighted by atomic mass is 9.96. The molecule has 5 rings (SSSR count). The number of ether oxygens (including phenoxy) is 1. The number of aromatic nitrogens is 5. The van der Waals surface area contributed by atoms with Crippen molar-refractivity contribution in [2.45, 2.75) is 51.0 Å². The third-order valence-corrected chi connectivity index (χ3v) is 6.11. The highest BCUT2D eigenvalue weighted by Gasteiger charge is 2.29. The lowest BCUT2D eigenvalue weighted by molar-refractivity contribution is 0.387. The van der Waals surface area contributed by atoms with Crippen LogP contribution in [0.2, 0.25) is 0 Å². The molecule has 3 aromatic rings. The number of hydrogen-bond acceptors (Lipinski definition) is 6. The smallest absolute Gasteiger partial charge is 0.167 e. The summed E-state index contributed by atoms with van der Waals surface area (Å²) in [6.07, 6.45) is 8.31. The molecule has 1 fully saturated rings. The fourth-order valence-corrected chi connectivity index (χ4v) is 4.64. The number of fused-ring (bicyclic) bond motifs is 2. The van der Waals surface area contributed by atoms with Gasteiger partial charge in [0.25, 0.3) is 0 Å². The van der Waals surface area contributed by atoms with Crippen molar-refractivity contribution in [2.75, 3.05) is 25.1 Å². The standard InChI is InChI=1S/C21H25FN6O/c1-29-18-10-15-17(11-16(18)22)23-13-24-21(15)27-8-5-6-14(12-27)20-26-25-19-7-3-2-4-9-28(19)20/h10-11,13-14H,2-9,12H2,1H3. The van der Waals surface area contributed by atoms with Gasteiger partial charge in [0.2, 0.25) is 0 Å². The molecule has 0 saturated carbocycles. The number of aryl methyl sites for hydroxylation is 1. The monoisotopic (exact) mass is 396 g/mol. The van der Waals surface area contributed by atoms with Crippen molar-refractivity contribution in [3.05, 3.63) is 35.9 Å². The first kappa shape index (κ1) is 18.3. The van der Waals surface area contributed by atoms with Crippen molar-refractivity contribution >= 4 is 16.7 Å². The maximum absolute atomic E-state index is 14.1. The molecule has 2 aromatic heterocycles. The first-order chi connectivity index (χ1) is 14.2. The summed E-state index contributed by atoms with van der Waals surface area (Å²) in [7, 11) is 1.47. The van der Waals surface area contributed by atoms with Gasteiger partial charge in [-0.15, -0.1) is 10.2 Å². The molecule has 1 saturated heterocycles.